The molecule has 0 aromatic heterocycles. The van der Waals surface area contributed by atoms with Gasteiger partial charge in [0.15, 0.2) is 0 Å². The molecule has 8 nitrogen and oxygen atoms in total. The summed E-state index contributed by atoms with van der Waals surface area (Å²) in [5.41, 5.74) is 0. The van der Waals surface area contributed by atoms with Gasteiger partial charge in [-0.15, -0.1) is 0 Å². The van der Waals surface area contributed by atoms with Gasteiger partial charge in [-0.1, -0.05) is 266 Å². The summed E-state index contributed by atoms with van der Waals surface area (Å²) in [5, 5.41) is 2.03. The maximum Gasteiger partial charge on any atom is 0.305 e. The van der Waals surface area contributed by atoms with Gasteiger partial charge in [-0.3, -0.25) is 19.2 Å². The van der Waals surface area contributed by atoms with Gasteiger partial charge in [-0.2, -0.15) is 0 Å². The molecule has 0 aliphatic heterocycles. The van der Waals surface area contributed by atoms with E-state index in [0.717, 1.165) is 127 Å². The fourth-order valence-corrected chi connectivity index (χ4v) is 11.2. The van der Waals surface area contributed by atoms with Crippen molar-refractivity contribution in [2.24, 2.45) is 11.8 Å². The van der Waals surface area contributed by atoms with Crippen LogP contribution >= 0.6 is 31.9 Å². The fourth-order valence-electron chi connectivity index (χ4n) is 10.4. The van der Waals surface area contributed by atoms with E-state index >= 15 is 0 Å². The molecule has 0 saturated carbocycles. The number of amides is 2. The average molecular weight is 1230 g/mol. The zero-order valence-corrected chi connectivity index (χ0v) is 56.0. The molecule has 0 aliphatic rings. The molecule has 2 unspecified atom stereocenters. The molecule has 0 radical (unpaired) electrons. The predicted molar refractivity (Wildman–Crippen MR) is 345 cm³/mol. The van der Waals surface area contributed by atoms with Gasteiger partial charge in [-0.05, 0) is 102 Å². The summed E-state index contributed by atoms with van der Waals surface area (Å²) >= 11 is 6.95. The Morgan fingerprint density at radius 3 is 0.821 bits per heavy atom. The van der Waals surface area contributed by atoms with E-state index in [0.29, 0.717) is 62.5 Å². The minimum Gasteiger partial charge on any atom is -0.465 e. The fraction of sp³-hybridized carbons (Fsp3) is 0.941. The number of halogens is 2. The molecule has 0 aromatic carbocycles. The van der Waals surface area contributed by atoms with Crippen molar-refractivity contribution in [1.29, 1.82) is 0 Å². The largest absolute Gasteiger partial charge is 0.465 e. The summed E-state index contributed by atoms with van der Waals surface area (Å²) in [7, 11) is 0. The molecule has 0 aliphatic carbocycles. The maximum absolute atomic E-state index is 12.8. The van der Waals surface area contributed by atoms with E-state index < -0.39 is 0 Å². The third-order valence-corrected chi connectivity index (χ3v) is 16.9. The molecular formula is C68H132Br2N2O6. The van der Waals surface area contributed by atoms with Crippen LogP contribution in [0, 0.1) is 11.8 Å². The van der Waals surface area contributed by atoms with E-state index in [1.54, 1.807) is 0 Å². The van der Waals surface area contributed by atoms with Crippen LogP contribution < -0.4 is 0 Å². The Morgan fingerprint density at radius 1 is 0.295 bits per heavy atom. The smallest absolute Gasteiger partial charge is 0.305 e. The number of carbonyl (C=O) groups excluding carboxylic acids is 4. The van der Waals surface area contributed by atoms with Crippen molar-refractivity contribution in [2.75, 3.05) is 50.1 Å². The Morgan fingerprint density at radius 2 is 0.526 bits per heavy atom. The van der Waals surface area contributed by atoms with Crippen LogP contribution in [-0.4, -0.2) is 83.6 Å². The maximum atomic E-state index is 12.8. The first-order valence-electron chi connectivity index (χ1n) is 34.2. The number of carbonyl (C=O) groups is 4. The van der Waals surface area contributed by atoms with Gasteiger partial charge >= 0.3 is 11.9 Å². The second-order valence-corrected chi connectivity index (χ2v) is 25.0. The van der Waals surface area contributed by atoms with Gasteiger partial charge < -0.3 is 19.3 Å². The van der Waals surface area contributed by atoms with Crippen molar-refractivity contribution in [3.05, 3.63) is 0 Å². The summed E-state index contributed by atoms with van der Waals surface area (Å²) in [4.78, 5) is 54.7. The highest BCUT2D eigenvalue weighted by atomic mass is 79.9. The van der Waals surface area contributed by atoms with Crippen molar-refractivity contribution >= 4 is 55.6 Å². The highest BCUT2D eigenvalue weighted by molar-refractivity contribution is 9.09. The molecule has 0 N–H and O–H groups in total. The molecule has 0 fully saturated rings. The average Bonchev–Trinajstić information content (AvgIpc) is 3.44. The summed E-state index contributed by atoms with van der Waals surface area (Å²) in [5.74, 6) is 1.62. The zero-order valence-electron chi connectivity index (χ0n) is 52.9. The molecule has 0 saturated heterocycles. The van der Waals surface area contributed by atoms with E-state index in [2.05, 4.69) is 83.2 Å². The number of esters is 2. The van der Waals surface area contributed by atoms with Crippen LogP contribution in [0.5, 0.6) is 0 Å². The SMILES string of the molecule is CCCCCCCCC(CCCCCC)COC(=O)CCCCCN(CCCCCC)C(=O)CCCCCBr.CCCCCCCCC(CCCCCC)COC(=O)CCCCCN(CCCCCC)C(=O)CCCCCBr. The van der Waals surface area contributed by atoms with Gasteiger partial charge in [0.05, 0.1) is 13.2 Å². The molecule has 2 atom stereocenters. The molecule has 78 heavy (non-hydrogen) atoms. The number of hydrogen-bond donors (Lipinski definition) is 0. The van der Waals surface area contributed by atoms with E-state index in [-0.39, 0.29) is 11.9 Å². The first kappa shape index (κ1) is 78.9. The standard InChI is InChI=1S/2C34H66BrNO3/c2*1-4-7-10-13-14-18-25-32(24-17-11-8-5-2)31-39-34(38)27-20-16-23-30-36(29-22-12-9-6-3)33(37)26-19-15-21-28-35/h2*32H,4-31H2,1-3H3. The third-order valence-electron chi connectivity index (χ3n) is 15.8. The molecule has 464 valence electrons. The lowest BCUT2D eigenvalue weighted by Crippen LogP contribution is -2.32. The number of hydrogen-bond acceptors (Lipinski definition) is 6. The second-order valence-electron chi connectivity index (χ2n) is 23.4. The molecule has 0 aromatic rings. The lowest BCUT2D eigenvalue weighted by molar-refractivity contribution is -0.146. The predicted octanol–water partition coefficient (Wildman–Crippen LogP) is 21.6. The molecular weight excluding hydrogens is 1100 g/mol. The number of unbranched alkanes of at least 4 members (excludes halogenated alkanes) is 30. The Labute approximate surface area is 502 Å². The Balaban J connectivity index is 0. The number of alkyl halides is 2. The monoisotopic (exact) mass is 1230 g/mol. The van der Waals surface area contributed by atoms with Crippen molar-refractivity contribution in [3.63, 3.8) is 0 Å². The van der Waals surface area contributed by atoms with Crippen LogP contribution in [0.4, 0.5) is 0 Å². The lowest BCUT2D eigenvalue weighted by atomic mass is 9.95. The van der Waals surface area contributed by atoms with E-state index in [1.165, 1.54) is 193 Å². The van der Waals surface area contributed by atoms with Gasteiger partial charge in [0.2, 0.25) is 11.8 Å². The minimum atomic E-state index is -0.0317. The topological polar surface area (TPSA) is 93.2 Å². The van der Waals surface area contributed by atoms with Crippen LogP contribution in [0.15, 0.2) is 0 Å². The molecule has 0 heterocycles. The first-order valence-corrected chi connectivity index (χ1v) is 36.4. The summed E-state index contributed by atoms with van der Waals surface area (Å²) in [6, 6.07) is 0. The van der Waals surface area contributed by atoms with E-state index in [4.69, 9.17) is 9.47 Å². The minimum absolute atomic E-state index is 0.0317. The van der Waals surface area contributed by atoms with Crippen LogP contribution in [0.1, 0.15) is 350 Å². The molecule has 0 bridgehead atoms. The van der Waals surface area contributed by atoms with Gasteiger partial charge in [0.1, 0.15) is 0 Å². The van der Waals surface area contributed by atoms with Crippen molar-refractivity contribution in [3.8, 4) is 0 Å². The Bertz CT molecular complexity index is 1180. The Kier molecular flexibility index (Phi) is 65.8. The van der Waals surface area contributed by atoms with Crippen molar-refractivity contribution < 1.29 is 28.7 Å². The van der Waals surface area contributed by atoms with E-state index in [1.807, 2.05) is 0 Å². The molecule has 0 spiro atoms. The third kappa shape index (κ3) is 56.7. The highest BCUT2D eigenvalue weighted by Crippen LogP contribution is 2.22. The normalized spacial score (nSPS) is 12.0. The van der Waals surface area contributed by atoms with Crippen LogP contribution in [0.25, 0.3) is 0 Å². The van der Waals surface area contributed by atoms with Gasteiger partial charge in [0.25, 0.3) is 0 Å². The number of ether oxygens (including phenoxy) is 2. The number of nitrogens with zero attached hydrogens (tertiary/aromatic N) is 2. The van der Waals surface area contributed by atoms with Crippen LogP contribution in [0.3, 0.4) is 0 Å². The quantitative estimate of drug-likeness (QED) is 0.0342. The second kappa shape index (κ2) is 65.0. The van der Waals surface area contributed by atoms with Crippen molar-refractivity contribution in [2.45, 2.75) is 350 Å². The van der Waals surface area contributed by atoms with Crippen LogP contribution in [-0.2, 0) is 28.7 Å². The van der Waals surface area contributed by atoms with Gasteiger partial charge in [0, 0.05) is 62.5 Å². The number of rotatable bonds is 60. The molecule has 0 rings (SSSR count). The summed E-state index contributed by atoms with van der Waals surface area (Å²) in [6.07, 6.45) is 54.9. The highest BCUT2D eigenvalue weighted by Gasteiger charge is 2.17. The Hall–Kier alpha value is -1.16. The molecule has 2 amide bonds. The zero-order chi connectivity index (χ0) is 57.6. The first-order chi connectivity index (χ1) is 38.2. The van der Waals surface area contributed by atoms with Gasteiger partial charge in [-0.25, -0.2) is 0 Å². The van der Waals surface area contributed by atoms with Crippen molar-refractivity contribution in [1.82, 2.24) is 9.80 Å². The summed E-state index contributed by atoms with van der Waals surface area (Å²) in [6.45, 7) is 18.1. The van der Waals surface area contributed by atoms with E-state index in [9.17, 15) is 19.2 Å². The summed E-state index contributed by atoms with van der Waals surface area (Å²) < 4.78 is 11.5. The lowest BCUT2D eigenvalue weighted by Gasteiger charge is -2.23. The van der Waals surface area contributed by atoms with Crippen LogP contribution in [0.2, 0.25) is 0 Å². The molecule has 10 heteroatoms.